The average Bonchev–Trinajstić information content (AvgIpc) is 2.97. The molecule has 0 aromatic heterocycles. The highest BCUT2D eigenvalue weighted by Gasteiger charge is 2.22. The lowest BCUT2D eigenvalue weighted by molar-refractivity contribution is 0.0650. The fourth-order valence-corrected chi connectivity index (χ4v) is 4.76. The van der Waals surface area contributed by atoms with E-state index in [2.05, 4.69) is 47.4 Å². The van der Waals surface area contributed by atoms with E-state index in [1.807, 2.05) is 72.5 Å². The van der Waals surface area contributed by atoms with Crippen molar-refractivity contribution >= 4 is 22.8 Å². The van der Waals surface area contributed by atoms with Crippen LogP contribution >= 0.6 is 0 Å². The summed E-state index contributed by atoms with van der Waals surface area (Å²) in [4.78, 5) is 17.7. The first-order chi connectivity index (χ1) is 18.7. The maximum atomic E-state index is 13.4. The van der Waals surface area contributed by atoms with Crippen molar-refractivity contribution in [3.8, 4) is 11.5 Å². The molecule has 1 aliphatic rings. The monoisotopic (exact) mass is 506 g/mol. The summed E-state index contributed by atoms with van der Waals surface area (Å²) in [6, 6.07) is 30.3. The molecule has 1 aliphatic heterocycles. The first-order valence-corrected chi connectivity index (χ1v) is 13.3. The zero-order chi connectivity index (χ0) is 26.2. The summed E-state index contributed by atoms with van der Waals surface area (Å²) in [5.74, 6) is 1.60. The third-order valence-corrected chi connectivity index (χ3v) is 6.86. The Labute approximate surface area is 224 Å². The van der Waals surface area contributed by atoms with E-state index < -0.39 is 0 Å². The maximum absolute atomic E-state index is 13.4. The van der Waals surface area contributed by atoms with Crippen LogP contribution in [0.3, 0.4) is 0 Å². The molecule has 0 N–H and O–H groups in total. The first kappa shape index (κ1) is 25.6. The molecule has 194 valence electrons. The molecule has 4 aromatic rings. The lowest BCUT2D eigenvalue weighted by Crippen LogP contribution is -2.48. The van der Waals surface area contributed by atoms with Gasteiger partial charge in [-0.1, -0.05) is 72.8 Å². The predicted octanol–water partition coefficient (Wildman–Crippen LogP) is 6.29. The minimum absolute atomic E-state index is 0.0551. The number of carbonyl (C=O) groups is 1. The van der Waals surface area contributed by atoms with Gasteiger partial charge < -0.3 is 14.4 Å². The Hall–Kier alpha value is -4.09. The molecule has 5 nitrogen and oxygen atoms in total. The molecule has 0 saturated carbocycles. The summed E-state index contributed by atoms with van der Waals surface area (Å²) in [7, 11) is 0. The van der Waals surface area contributed by atoms with Crippen LogP contribution in [0.1, 0.15) is 28.4 Å². The number of piperazine rings is 1. The van der Waals surface area contributed by atoms with Crippen LogP contribution in [0.2, 0.25) is 0 Å². The van der Waals surface area contributed by atoms with Crippen molar-refractivity contribution in [3.05, 3.63) is 114 Å². The summed E-state index contributed by atoms with van der Waals surface area (Å²) in [5, 5.41) is 2.31. The molecule has 0 unspecified atom stereocenters. The maximum Gasteiger partial charge on any atom is 0.253 e. The van der Waals surface area contributed by atoms with E-state index in [1.165, 1.54) is 10.9 Å². The van der Waals surface area contributed by atoms with E-state index in [1.54, 1.807) is 0 Å². The summed E-state index contributed by atoms with van der Waals surface area (Å²) < 4.78 is 12.0. The Kier molecular flexibility index (Phi) is 8.36. The summed E-state index contributed by atoms with van der Waals surface area (Å²) >= 11 is 0. The minimum Gasteiger partial charge on any atom is -0.493 e. The van der Waals surface area contributed by atoms with Crippen molar-refractivity contribution in [1.29, 1.82) is 0 Å². The van der Waals surface area contributed by atoms with Crippen molar-refractivity contribution in [3.63, 3.8) is 0 Å². The average molecular weight is 507 g/mol. The van der Waals surface area contributed by atoms with Crippen molar-refractivity contribution in [1.82, 2.24) is 9.80 Å². The smallest absolute Gasteiger partial charge is 0.253 e. The Morgan fingerprint density at radius 2 is 1.58 bits per heavy atom. The quantitative estimate of drug-likeness (QED) is 0.268. The second-order valence-electron chi connectivity index (χ2n) is 9.46. The molecule has 5 heteroatoms. The lowest BCUT2D eigenvalue weighted by Gasteiger charge is -2.34. The van der Waals surface area contributed by atoms with Gasteiger partial charge in [-0.3, -0.25) is 9.69 Å². The number of ether oxygens (including phenoxy) is 2. The number of hydrogen-bond donors (Lipinski definition) is 0. The third-order valence-electron chi connectivity index (χ3n) is 6.86. The highest BCUT2D eigenvalue weighted by Crippen LogP contribution is 2.26. The van der Waals surface area contributed by atoms with E-state index in [-0.39, 0.29) is 5.91 Å². The van der Waals surface area contributed by atoms with Crippen LogP contribution in [0.4, 0.5) is 0 Å². The highest BCUT2D eigenvalue weighted by molar-refractivity contribution is 5.94. The van der Waals surface area contributed by atoms with Gasteiger partial charge >= 0.3 is 0 Å². The van der Waals surface area contributed by atoms with Gasteiger partial charge in [0.25, 0.3) is 5.91 Å². The summed E-state index contributed by atoms with van der Waals surface area (Å²) in [5.41, 5.74) is 2.75. The molecule has 0 bridgehead atoms. The Bertz CT molecular complexity index is 1390. The first-order valence-electron chi connectivity index (χ1n) is 13.3. The zero-order valence-electron chi connectivity index (χ0n) is 21.9. The van der Waals surface area contributed by atoms with Crippen molar-refractivity contribution in [2.24, 2.45) is 0 Å². The van der Waals surface area contributed by atoms with Crippen LogP contribution in [-0.2, 0) is 6.61 Å². The fourth-order valence-electron chi connectivity index (χ4n) is 4.76. The van der Waals surface area contributed by atoms with Gasteiger partial charge in [0.2, 0.25) is 0 Å². The van der Waals surface area contributed by atoms with Gasteiger partial charge in [0.05, 0.1) is 6.61 Å². The molecule has 5 rings (SSSR count). The van der Waals surface area contributed by atoms with Crippen LogP contribution < -0.4 is 9.47 Å². The van der Waals surface area contributed by atoms with Crippen LogP contribution in [0.5, 0.6) is 11.5 Å². The van der Waals surface area contributed by atoms with Gasteiger partial charge in [0.1, 0.15) is 18.1 Å². The molecule has 1 heterocycles. The highest BCUT2D eigenvalue weighted by atomic mass is 16.5. The van der Waals surface area contributed by atoms with Gasteiger partial charge in [-0.25, -0.2) is 0 Å². The van der Waals surface area contributed by atoms with Crippen molar-refractivity contribution in [2.75, 3.05) is 39.3 Å². The molecule has 1 fully saturated rings. The minimum atomic E-state index is 0.0551. The molecular weight excluding hydrogens is 472 g/mol. The molecule has 1 saturated heterocycles. The van der Waals surface area contributed by atoms with Crippen molar-refractivity contribution in [2.45, 2.75) is 13.5 Å². The SMILES string of the molecule is CCOc1ccc(C(=O)N2CCN(C/C=C/c3ccccc3)CC2)cc1COc1ccc2ccccc2c1. The van der Waals surface area contributed by atoms with E-state index in [0.717, 1.165) is 42.1 Å². The fraction of sp³-hybridized carbons (Fsp3) is 0.242. The van der Waals surface area contributed by atoms with E-state index >= 15 is 0 Å². The molecule has 0 atom stereocenters. The number of fused-ring (bicyclic) bond motifs is 1. The van der Waals surface area contributed by atoms with E-state index in [9.17, 15) is 4.79 Å². The number of amides is 1. The summed E-state index contributed by atoms with van der Waals surface area (Å²) in [6.45, 7) is 6.88. The van der Waals surface area contributed by atoms with E-state index in [4.69, 9.17) is 9.47 Å². The van der Waals surface area contributed by atoms with Crippen molar-refractivity contribution < 1.29 is 14.3 Å². The van der Waals surface area contributed by atoms with Gasteiger partial charge in [0.15, 0.2) is 0 Å². The second kappa shape index (κ2) is 12.4. The molecule has 4 aromatic carbocycles. The molecule has 1 amide bonds. The Balaban J connectivity index is 1.20. The molecular formula is C33H34N2O3. The van der Waals surface area contributed by atoms with Crippen LogP contribution in [0.15, 0.2) is 97.1 Å². The van der Waals surface area contributed by atoms with Gasteiger partial charge in [-0.05, 0) is 53.6 Å². The Morgan fingerprint density at radius 3 is 2.37 bits per heavy atom. The summed E-state index contributed by atoms with van der Waals surface area (Å²) in [6.07, 6.45) is 4.35. The molecule has 38 heavy (non-hydrogen) atoms. The number of rotatable bonds is 9. The van der Waals surface area contributed by atoms with Gasteiger partial charge in [-0.15, -0.1) is 0 Å². The number of hydrogen-bond acceptors (Lipinski definition) is 4. The van der Waals surface area contributed by atoms with Gasteiger partial charge in [-0.2, -0.15) is 0 Å². The number of carbonyl (C=O) groups excluding carboxylic acids is 1. The second-order valence-corrected chi connectivity index (χ2v) is 9.46. The van der Waals surface area contributed by atoms with Crippen LogP contribution in [0.25, 0.3) is 16.8 Å². The zero-order valence-corrected chi connectivity index (χ0v) is 21.9. The normalized spacial score (nSPS) is 14.2. The van der Waals surface area contributed by atoms with E-state index in [0.29, 0.717) is 31.9 Å². The van der Waals surface area contributed by atoms with Gasteiger partial charge in [0, 0.05) is 43.9 Å². The van der Waals surface area contributed by atoms with Crippen LogP contribution in [-0.4, -0.2) is 55.0 Å². The Morgan fingerprint density at radius 1 is 0.816 bits per heavy atom. The topological polar surface area (TPSA) is 42.0 Å². The molecule has 0 spiro atoms. The lowest BCUT2D eigenvalue weighted by atomic mass is 10.1. The largest absolute Gasteiger partial charge is 0.493 e. The standard InChI is InChI=1S/C33H34N2O3/c1-2-37-32-17-15-29(23-30(32)25-38-31-16-14-27-12-6-7-13-28(27)24-31)33(36)35-21-19-34(20-22-35)18-8-11-26-9-4-3-5-10-26/h3-17,23-24H,2,18-22,25H2,1H3/b11-8+. The number of benzene rings is 4. The predicted molar refractivity (Wildman–Crippen MR) is 154 cm³/mol. The molecule has 0 aliphatic carbocycles. The third kappa shape index (κ3) is 6.42. The number of nitrogens with zero attached hydrogens (tertiary/aromatic N) is 2. The molecule has 0 radical (unpaired) electrons. The van der Waals surface area contributed by atoms with Crippen LogP contribution in [0, 0.1) is 0 Å².